The monoisotopic (exact) mass is 250 g/mol. The molecule has 1 fully saturated rings. The Morgan fingerprint density at radius 1 is 1.56 bits per heavy atom. The van der Waals surface area contributed by atoms with Crippen LogP contribution in [-0.2, 0) is 11.3 Å². The van der Waals surface area contributed by atoms with Crippen LogP contribution in [0.1, 0.15) is 26.2 Å². The molecule has 4 heteroatoms. The smallest absolute Gasteiger partial charge is 0.250 e. The average Bonchev–Trinajstić information content (AvgIpc) is 2.74. The number of rotatable bonds is 5. The van der Waals surface area contributed by atoms with E-state index in [0.717, 1.165) is 12.8 Å². The van der Waals surface area contributed by atoms with Gasteiger partial charge in [0, 0.05) is 25.4 Å². The highest BCUT2D eigenvalue weighted by Gasteiger charge is 2.36. The van der Waals surface area contributed by atoms with E-state index in [2.05, 4.69) is 6.92 Å². The molecule has 1 aliphatic carbocycles. The summed E-state index contributed by atoms with van der Waals surface area (Å²) in [7, 11) is 0. The summed E-state index contributed by atoms with van der Waals surface area (Å²) in [5.74, 6) is 0.688. The summed E-state index contributed by atoms with van der Waals surface area (Å²) in [5.41, 5.74) is 5.71. The molecule has 2 atom stereocenters. The van der Waals surface area contributed by atoms with Gasteiger partial charge in [0.15, 0.2) is 0 Å². The maximum absolute atomic E-state index is 11.5. The summed E-state index contributed by atoms with van der Waals surface area (Å²) in [6, 6.07) is 5.17. The van der Waals surface area contributed by atoms with E-state index in [1.165, 1.54) is 6.42 Å². The lowest BCUT2D eigenvalue weighted by atomic mass is 10.0. The maximum atomic E-state index is 11.5. The number of hydrogen-bond acceptors (Lipinski definition) is 3. The van der Waals surface area contributed by atoms with Gasteiger partial charge in [-0.05, 0) is 31.2 Å². The van der Waals surface area contributed by atoms with Gasteiger partial charge >= 0.3 is 0 Å². The maximum Gasteiger partial charge on any atom is 0.250 e. The third-order valence-corrected chi connectivity index (χ3v) is 3.82. The third kappa shape index (κ3) is 3.00. The average molecular weight is 250 g/mol. The minimum absolute atomic E-state index is 0.0164. The predicted octanol–water partition coefficient (Wildman–Crippen LogP) is 1.38. The number of nitrogens with zero attached hydrogens (tertiary/aromatic N) is 1. The molecule has 1 aliphatic rings. The highest BCUT2D eigenvalue weighted by Crippen LogP contribution is 2.36. The Bertz CT molecular complexity index is 443. The first kappa shape index (κ1) is 13.3. The Balaban J connectivity index is 1.88. The number of nitrogens with two attached hydrogens (primary N) is 1. The second-order valence-corrected chi connectivity index (χ2v) is 5.32. The fraction of sp³-hybridized carbons (Fsp3) is 0.643. The van der Waals surface area contributed by atoms with Crippen LogP contribution >= 0.6 is 0 Å². The third-order valence-electron chi connectivity index (χ3n) is 3.82. The molecule has 1 heterocycles. The molecule has 1 saturated carbocycles. The van der Waals surface area contributed by atoms with Crippen LogP contribution in [0.3, 0.4) is 0 Å². The Morgan fingerprint density at radius 2 is 2.39 bits per heavy atom. The molecular weight excluding hydrogens is 228 g/mol. The molecule has 0 spiro atoms. The normalized spacial score (nSPS) is 27.6. The number of ether oxygens (including phenoxy) is 1. The van der Waals surface area contributed by atoms with Crippen LogP contribution in [0.5, 0.6) is 0 Å². The Morgan fingerprint density at radius 3 is 3.00 bits per heavy atom. The van der Waals surface area contributed by atoms with Gasteiger partial charge in [-0.15, -0.1) is 0 Å². The molecular formula is C14H22N2O2. The summed E-state index contributed by atoms with van der Waals surface area (Å²) in [6.45, 7) is 3.95. The molecule has 18 heavy (non-hydrogen) atoms. The van der Waals surface area contributed by atoms with Gasteiger partial charge in [-0.3, -0.25) is 4.79 Å². The largest absolute Gasteiger partial charge is 0.372 e. The van der Waals surface area contributed by atoms with Crippen molar-refractivity contribution in [2.45, 2.75) is 38.3 Å². The van der Waals surface area contributed by atoms with Gasteiger partial charge in [-0.25, -0.2) is 0 Å². The summed E-state index contributed by atoms with van der Waals surface area (Å²) >= 11 is 0. The van der Waals surface area contributed by atoms with Gasteiger partial charge in [0.2, 0.25) is 0 Å². The fourth-order valence-corrected chi connectivity index (χ4v) is 2.73. The van der Waals surface area contributed by atoms with E-state index in [0.29, 0.717) is 25.6 Å². The van der Waals surface area contributed by atoms with E-state index >= 15 is 0 Å². The number of pyridine rings is 1. The summed E-state index contributed by atoms with van der Waals surface area (Å²) in [5, 5.41) is 0. The van der Waals surface area contributed by atoms with E-state index in [9.17, 15) is 4.79 Å². The molecule has 0 aromatic carbocycles. The SMILES string of the molecule is CC1CCC(CN)(OCCn2ccccc2=O)C1. The minimum Gasteiger partial charge on any atom is -0.372 e. The zero-order valence-electron chi connectivity index (χ0n) is 11.0. The van der Waals surface area contributed by atoms with E-state index in [4.69, 9.17) is 10.5 Å². The number of hydrogen-bond donors (Lipinski definition) is 1. The molecule has 0 amide bonds. The molecule has 0 radical (unpaired) electrons. The lowest BCUT2D eigenvalue weighted by molar-refractivity contribution is -0.0394. The second-order valence-electron chi connectivity index (χ2n) is 5.32. The molecule has 2 rings (SSSR count). The van der Waals surface area contributed by atoms with Gasteiger partial charge in [0.1, 0.15) is 0 Å². The Kier molecular flexibility index (Phi) is 4.19. The van der Waals surface area contributed by atoms with E-state index in [1.54, 1.807) is 22.9 Å². The van der Waals surface area contributed by atoms with Crippen molar-refractivity contribution < 1.29 is 4.74 Å². The van der Waals surface area contributed by atoms with Crippen LogP contribution < -0.4 is 11.3 Å². The fourth-order valence-electron chi connectivity index (χ4n) is 2.73. The summed E-state index contributed by atoms with van der Waals surface area (Å²) in [6.07, 6.45) is 5.04. The first-order valence-corrected chi connectivity index (χ1v) is 6.65. The lowest BCUT2D eigenvalue weighted by Crippen LogP contribution is -2.39. The predicted molar refractivity (Wildman–Crippen MR) is 71.5 cm³/mol. The topological polar surface area (TPSA) is 57.2 Å². The first-order chi connectivity index (χ1) is 8.65. The summed E-state index contributed by atoms with van der Waals surface area (Å²) < 4.78 is 7.65. The highest BCUT2D eigenvalue weighted by molar-refractivity contribution is 4.93. The molecule has 1 aromatic heterocycles. The molecule has 2 N–H and O–H groups in total. The van der Waals surface area contributed by atoms with Crippen molar-refractivity contribution in [3.8, 4) is 0 Å². The van der Waals surface area contributed by atoms with Gasteiger partial charge in [-0.2, -0.15) is 0 Å². The van der Waals surface area contributed by atoms with Crippen molar-refractivity contribution >= 4 is 0 Å². The van der Waals surface area contributed by atoms with Crippen LogP contribution in [0.25, 0.3) is 0 Å². The van der Waals surface area contributed by atoms with Crippen LogP contribution in [-0.4, -0.2) is 23.3 Å². The Labute approximate surface area is 108 Å². The van der Waals surface area contributed by atoms with Crippen LogP contribution in [0.2, 0.25) is 0 Å². The standard InChI is InChI=1S/C14H22N2O2/c1-12-5-6-14(10-12,11-15)18-9-8-16-7-3-2-4-13(16)17/h2-4,7,12H,5-6,8-11,15H2,1H3. The zero-order chi connectivity index (χ0) is 13.0. The molecule has 1 aromatic rings. The van der Waals surface area contributed by atoms with Crippen molar-refractivity contribution in [3.05, 3.63) is 34.7 Å². The van der Waals surface area contributed by atoms with Crippen LogP contribution in [0.4, 0.5) is 0 Å². The van der Waals surface area contributed by atoms with E-state index in [-0.39, 0.29) is 11.2 Å². The van der Waals surface area contributed by atoms with Crippen molar-refractivity contribution in [2.75, 3.05) is 13.2 Å². The zero-order valence-corrected chi connectivity index (χ0v) is 11.0. The van der Waals surface area contributed by atoms with Gasteiger partial charge < -0.3 is 15.0 Å². The molecule has 2 unspecified atom stereocenters. The summed E-state index contributed by atoms with van der Waals surface area (Å²) in [4.78, 5) is 11.5. The molecule has 0 bridgehead atoms. The Hall–Kier alpha value is -1.13. The van der Waals surface area contributed by atoms with Crippen molar-refractivity contribution in [1.29, 1.82) is 0 Å². The minimum atomic E-state index is -0.155. The van der Waals surface area contributed by atoms with Crippen molar-refractivity contribution in [3.63, 3.8) is 0 Å². The quantitative estimate of drug-likeness (QED) is 0.859. The van der Waals surface area contributed by atoms with E-state index in [1.807, 2.05) is 6.07 Å². The van der Waals surface area contributed by atoms with Gasteiger partial charge in [0.05, 0.1) is 12.2 Å². The lowest BCUT2D eigenvalue weighted by Gasteiger charge is -2.28. The van der Waals surface area contributed by atoms with Crippen LogP contribution in [0.15, 0.2) is 29.2 Å². The van der Waals surface area contributed by atoms with E-state index < -0.39 is 0 Å². The molecule has 0 saturated heterocycles. The van der Waals surface area contributed by atoms with Crippen molar-refractivity contribution in [2.24, 2.45) is 11.7 Å². The first-order valence-electron chi connectivity index (χ1n) is 6.65. The van der Waals surface area contributed by atoms with Crippen molar-refractivity contribution in [1.82, 2.24) is 4.57 Å². The molecule has 4 nitrogen and oxygen atoms in total. The second kappa shape index (κ2) is 5.67. The number of aromatic nitrogens is 1. The van der Waals surface area contributed by atoms with Crippen LogP contribution in [0, 0.1) is 5.92 Å². The molecule has 100 valence electrons. The van der Waals surface area contributed by atoms with Gasteiger partial charge in [0.25, 0.3) is 5.56 Å². The van der Waals surface area contributed by atoms with Gasteiger partial charge in [-0.1, -0.05) is 13.0 Å². The highest BCUT2D eigenvalue weighted by atomic mass is 16.5. The molecule has 0 aliphatic heterocycles.